The highest BCUT2D eigenvalue weighted by Crippen LogP contribution is 2.38. The predicted molar refractivity (Wildman–Crippen MR) is 396 cm³/mol. The summed E-state index contributed by atoms with van der Waals surface area (Å²) >= 11 is 0. The van der Waals surface area contributed by atoms with E-state index in [1.165, 1.54) is 77.0 Å². The van der Waals surface area contributed by atoms with Crippen LogP contribution >= 0.6 is 7.82 Å². The molecule has 0 N–H and O–H groups in total. The minimum atomic E-state index is -4.67. The standard InChI is InChI=1S/C82H132NO8P/c1-6-8-10-12-14-16-18-20-22-24-26-28-30-32-34-36-38-39-40-41-42-43-45-47-49-51-53-55-57-59-61-63-65-67-69-71-73-75-82(85)91-80(79-90-92(86,87)89-77-76-83(3,4)5)78-88-81(84)74-72-70-68-66-64-62-60-58-56-54-52-50-48-46-44-37-35-33-31-29-27-25-23-21-19-17-15-13-11-9-7-2/h8-11,14-17,20-23,26-29,32-35,38-39,41-42,45,47,51,53,57,59,63,65,80H,6-7,12-13,18-19,24-25,30-31,36-37,40,43-44,46,48-50,52,54-56,58,60-62,64,66-79H2,1-5H3/b10-8-,11-9-,16-14-,17-15-,22-20-,23-21-,28-26-,29-27-,34-32-,35-33-,39-38-,42-41-,47-45-,53-51-,59-57-,65-63-. The largest absolute Gasteiger partial charge is 0.756 e. The Kier molecular flexibility index (Phi) is 66.2. The number of esters is 2. The lowest BCUT2D eigenvalue weighted by molar-refractivity contribution is -0.870. The van der Waals surface area contributed by atoms with E-state index in [2.05, 4.69) is 208 Å². The van der Waals surface area contributed by atoms with Crippen molar-refractivity contribution in [2.24, 2.45) is 0 Å². The zero-order valence-corrected chi connectivity index (χ0v) is 59.8. The van der Waals surface area contributed by atoms with E-state index in [0.717, 1.165) is 141 Å². The molecule has 0 fully saturated rings. The van der Waals surface area contributed by atoms with Gasteiger partial charge in [-0.3, -0.25) is 14.2 Å². The van der Waals surface area contributed by atoms with Crippen molar-refractivity contribution in [2.75, 3.05) is 47.5 Å². The number of unbranched alkanes of at least 4 members (excludes halogenated alkanes) is 18. The summed E-state index contributed by atoms with van der Waals surface area (Å²) in [5, 5.41) is 0. The first-order valence-electron chi connectivity index (χ1n) is 36.1. The summed E-state index contributed by atoms with van der Waals surface area (Å²) < 4.78 is 34.3. The van der Waals surface area contributed by atoms with Gasteiger partial charge in [-0.1, -0.05) is 298 Å². The molecule has 0 rings (SSSR count). The molecule has 0 spiro atoms. The van der Waals surface area contributed by atoms with Gasteiger partial charge in [0, 0.05) is 12.8 Å². The average Bonchev–Trinajstić information content (AvgIpc) is 2.34. The van der Waals surface area contributed by atoms with Crippen molar-refractivity contribution in [1.82, 2.24) is 0 Å². The molecule has 0 aromatic carbocycles. The van der Waals surface area contributed by atoms with E-state index in [1.807, 2.05) is 21.1 Å². The van der Waals surface area contributed by atoms with Crippen LogP contribution in [0.25, 0.3) is 0 Å². The minimum Gasteiger partial charge on any atom is -0.756 e. The molecule has 0 heterocycles. The third-order valence-corrected chi connectivity index (χ3v) is 15.6. The van der Waals surface area contributed by atoms with Crippen LogP contribution in [0.15, 0.2) is 194 Å². The number of nitrogens with zero attached hydrogens (tertiary/aromatic N) is 1. The second-order valence-electron chi connectivity index (χ2n) is 24.5. The van der Waals surface area contributed by atoms with Gasteiger partial charge >= 0.3 is 11.9 Å². The molecule has 0 amide bonds. The Morgan fingerprint density at radius 3 is 0.880 bits per heavy atom. The van der Waals surface area contributed by atoms with Crippen molar-refractivity contribution in [3.63, 3.8) is 0 Å². The summed E-state index contributed by atoms with van der Waals surface area (Å²) in [6.07, 6.45) is 109. The minimum absolute atomic E-state index is 0.0476. The van der Waals surface area contributed by atoms with Gasteiger partial charge in [-0.15, -0.1) is 0 Å². The fourth-order valence-electron chi connectivity index (χ4n) is 9.16. The SMILES string of the molecule is CC/C=C\C/C=C\C/C=C\C/C=C\C/C=C\C/C=C\C/C=C\C/C=C\C/C=C\C/C=C\C/C=C\CCCCCC(=O)OC(COC(=O)CCCCCCCCCCCCCCCCC/C=C\C/C=C\C/C=C\C/C=C\C/C=C\CC)COP(=O)([O-])OCC[N+](C)(C)C. The zero-order valence-electron chi connectivity index (χ0n) is 58.9. The topological polar surface area (TPSA) is 111 Å². The molecule has 2 unspecified atom stereocenters. The maximum Gasteiger partial charge on any atom is 0.306 e. The number of carbonyl (C=O) groups excluding carboxylic acids is 2. The molecule has 0 aliphatic heterocycles. The first-order valence-corrected chi connectivity index (χ1v) is 37.6. The van der Waals surface area contributed by atoms with Gasteiger partial charge < -0.3 is 27.9 Å². The lowest BCUT2D eigenvalue weighted by atomic mass is 10.0. The molecule has 0 saturated carbocycles. The van der Waals surface area contributed by atoms with E-state index >= 15 is 0 Å². The molecule has 0 aromatic rings. The number of carbonyl (C=O) groups is 2. The molecular formula is C82H132NO8P. The Morgan fingerprint density at radius 1 is 0.337 bits per heavy atom. The van der Waals surface area contributed by atoms with Crippen LogP contribution < -0.4 is 4.89 Å². The molecule has 0 aliphatic rings. The van der Waals surface area contributed by atoms with Crippen LogP contribution in [0.5, 0.6) is 0 Å². The molecule has 0 aliphatic carbocycles. The quantitative estimate of drug-likeness (QED) is 0.0195. The summed E-state index contributed by atoms with van der Waals surface area (Å²) in [5.74, 6) is -0.882. The fraction of sp³-hybridized carbons (Fsp3) is 0.585. The number of phosphoric ester groups is 1. The molecule has 518 valence electrons. The van der Waals surface area contributed by atoms with E-state index in [9.17, 15) is 19.0 Å². The molecule has 0 saturated heterocycles. The van der Waals surface area contributed by atoms with Gasteiger partial charge in [0.1, 0.15) is 19.8 Å². The number of hydrogen-bond donors (Lipinski definition) is 0. The van der Waals surface area contributed by atoms with E-state index in [0.29, 0.717) is 23.9 Å². The number of quaternary nitrogens is 1. The van der Waals surface area contributed by atoms with Crippen molar-refractivity contribution >= 4 is 19.8 Å². The number of allylic oxidation sites excluding steroid dienone is 32. The molecule has 0 bridgehead atoms. The Balaban J connectivity index is 4.18. The number of likely N-dealkylation sites (N-methyl/N-ethyl adjacent to an activating group) is 1. The Labute approximate surface area is 564 Å². The van der Waals surface area contributed by atoms with Gasteiger partial charge in [-0.25, -0.2) is 0 Å². The molecule has 10 heteroatoms. The average molecular weight is 1290 g/mol. The first kappa shape index (κ1) is 86.9. The van der Waals surface area contributed by atoms with Gasteiger partial charge in [0.15, 0.2) is 6.10 Å². The van der Waals surface area contributed by atoms with Crippen LogP contribution in [0.4, 0.5) is 0 Å². The van der Waals surface area contributed by atoms with Crippen LogP contribution in [0.1, 0.15) is 258 Å². The Morgan fingerprint density at radius 2 is 0.587 bits per heavy atom. The highest BCUT2D eigenvalue weighted by Gasteiger charge is 2.22. The molecule has 92 heavy (non-hydrogen) atoms. The number of hydrogen-bond acceptors (Lipinski definition) is 8. The van der Waals surface area contributed by atoms with Crippen LogP contribution in [0.3, 0.4) is 0 Å². The summed E-state index contributed by atoms with van der Waals surface area (Å²) in [4.78, 5) is 38.1. The Bertz CT molecular complexity index is 2260. The lowest BCUT2D eigenvalue weighted by Gasteiger charge is -2.28. The van der Waals surface area contributed by atoms with E-state index in [-0.39, 0.29) is 26.1 Å². The number of phosphoric acid groups is 1. The van der Waals surface area contributed by atoms with Crippen LogP contribution in [-0.4, -0.2) is 70.0 Å². The van der Waals surface area contributed by atoms with Gasteiger partial charge in [0.25, 0.3) is 7.82 Å². The highest BCUT2D eigenvalue weighted by atomic mass is 31.2. The van der Waals surface area contributed by atoms with Crippen molar-refractivity contribution in [3.05, 3.63) is 194 Å². The summed E-state index contributed by atoms with van der Waals surface area (Å²) in [6, 6.07) is 0. The maximum absolute atomic E-state index is 12.9. The first-order chi connectivity index (χ1) is 45.0. The van der Waals surface area contributed by atoms with Gasteiger partial charge in [-0.05, 0) is 141 Å². The summed E-state index contributed by atoms with van der Waals surface area (Å²) in [5.41, 5.74) is 0. The van der Waals surface area contributed by atoms with Gasteiger partial charge in [-0.2, -0.15) is 0 Å². The molecule has 9 nitrogen and oxygen atoms in total. The maximum atomic E-state index is 12.9. The van der Waals surface area contributed by atoms with Gasteiger partial charge in [0.05, 0.1) is 27.7 Å². The van der Waals surface area contributed by atoms with E-state index in [4.69, 9.17) is 18.5 Å². The second kappa shape index (κ2) is 70.2. The Hall–Kier alpha value is -5.15. The van der Waals surface area contributed by atoms with E-state index in [1.54, 1.807) is 0 Å². The van der Waals surface area contributed by atoms with Crippen molar-refractivity contribution in [3.8, 4) is 0 Å². The highest BCUT2D eigenvalue weighted by molar-refractivity contribution is 7.45. The lowest BCUT2D eigenvalue weighted by Crippen LogP contribution is -2.37. The zero-order chi connectivity index (χ0) is 66.9. The van der Waals surface area contributed by atoms with Crippen LogP contribution in [0, 0.1) is 0 Å². The molecule has 0 radical (unpaired) electrons. The summed E-state index contributed by atoms with van der Waals surface area (Å²) in [6.45, 7) is 3.96. The smallest absolute Gasteiger partial charge is 0.306 e. The second-order valence-corrected chi connectivity index (χ2v) is 25.9. The van der Waals surface area contributed by atoms with Crippen LogP contribution in [0.2, 0.25) is 0 Å². The third-order valence-electron chi connectivity index (χ3n) is 14.6. The fourth-order valence-corrected chi connectivity index (χ4v) is 9.89. The normalized spacial score (nSPS) is 14.3. The summed E-state index contributed by atoms with van der Waals surface area (Å²) in [7, 11) is 1.12. The van der Waals surface area contributed by atoms with Crippen molar-refractivity contribution in [2.45, 2.75) is 264 Å². The van der Waals surface area contributed by atoms with Crippen LogP contribution in [-0.2, 0) is 32.7 Å². The monoisotopic (exact) mass is 1290 g/mol. The molecule has 2 atom stereocenters. The number of ether oxygens (including phenoxy) is 2. The molecule has 0 aromatic heterocycles. The van der Waals surface area contributed by atoms with Crippen molar-refractivity contribution in [1.29, 1.82) is 0 Å². The predicted octanol–water partition coefficient (Wildman–Crippen LogP) is 23.4. The van der Waals surface area contributed by atoms with Crippen molar-refractivity contribution < 1.29 is 42.1 Å². The third kappa shape index (κ3) is 73.9. The molecular weight excluding hydrogens is 1160 g/mol. The van der Waals surface area contributed by atoms with Gasteiger partial charge in [0.2, 0.25) is 0 Å². The number of rotatable bonds is 64. The van der Waals surface area contributed by atoms with E-state index < -0.39 is 32.5 Å².